The monoisotopic (exact) mass is 303 g/mol. The third-order valence-corrected chi connectivity index (χ3v) is 3.64. The quantitative estimate of drug-likeness (QED) is 0.849. The summed E-state index contributed by atoms with van der Waals surface area (Å²) in [4.78, 5) is 16.8. The van der Waals surface area contributed by atoms with E-state index in [-0.39, 0.29) is 18.6 Å². The van der Waals surface area contributed by atoms with Crippen molar-refractivity contribution in [3.63, 3.8) is 0 Å². The molecule has 1 saturated carbocycles. The van der Waals surface area contributed by atoms with Gasteiger partial charge in [0.1, 0.15) is 5.75 Å². The SMILES string of the molecule is O=C(COc1ccc(Cl)c(Cl)c1)NOC1CCCC1. The Morgan fingerprint density at radius 2 is 2.00 bits per heavy atom. The van der Waals surface area contributed by atoms with Gasteiger partial charge < -0.3 is 4.74 Å². The summed E-state index contributed by atoms with van der Waals surface area (Å²) in [7, 11) is 0. The van der Waals surface area contributed by atoms with Gasteiger partial charge in [0, 0.05) is 6.07 Å². The number of rotatable bonds is 5. The molecule has 0 radical (unpaired) electrons. The molecular weight excluding hydrogens is 289 g/mol. The van der Waals surface area contributed by atoms with Crippen LogP contribution in [0, 0.1) is 0 Å². The Balaban J connectivity index is 1.71. The molecule has 1 aromatic carbocycles. The third-order valence-electron chi connectivity index (χ3n) is 2.90. The molecule has 4 nitrogen and oxygen atoms in total. The van der Waals surface area contributed by atoms with Gasteiger partial charge in [0.15, 0.2) is 6.61 Å². The van der Waals surface area contributed by atoms with E-state index in [1.807, 2.05) is 0 Å². The van der Waals surface area contributed by atoms with Crippen LogP contribution in [0.2, 0.25) is 10.0 Å². The van der Waals surface area contributed by atoms with Gasteiger partial charge in [0.25, 0.3) is 5.91 Å². The summed E-state index contributed by atoms with van der Waals surface area (Å²) in [6.07, 6.45) is 4.43. The Bertz CT molecular complexity index is 448. The molecule has 2 rings (SSSR count). The van der Waals surface area contributed by atoms with Crippen LogP contribution in [0.1, 0.15) is 25.7 Å². The second-order valence-electron chi connectivity index (χ2n) is 4.41. The van der Waals surface area contributed by atoms with Gasteiger partial charge in [-0.2, -0.15) is 0 Å². The second-order valence-corrected chi connectivity index (χ2v) is 5.23. The number of hydrogen-bond acceptors (Lipinski definition) is 3. The van der Waals surface area contributed by atoms with Crippen LogP contribution in [-0.2, 0) is 9.63 Å². The molecule has 1 N–H and O–H groups in total. The maximum Gasteiger partial charge on any atom is 0.281 e. The molecule has 0 aromatic heterocycles. The molecule has 0 heterocycles. The molecule has 1 aliphatic carbocycles. The van der Waals surface area contributed by atoms with Gasteiger partial charge in [-0.25, -0.2) is 5.48 Å². The first kappa shape index (κ1) is 14.4. The first-order valence-corrected chi connectivity index (χ1v) is 6.93. The molecule has 0 aliphatic heterocycles. The normalized spacial score (nSPS) is 15.5. The first-order valence-electron chi connectivity index (χ1n) is 6.17. The fraction of sp³-hybridized carbons (Fsp3) is 0.462. The number of halogens is 2. The van der Waals surface area contributed by atoms with E-state index in [9.17, 15) is 4.79 Å². The van der Waals surface area contributed by atoms with E-state index < -0.39 is 0 Å². The molecule has 1 aliphatic rings. The fourth-order valence-corrected chi connectivity index (χ4v) is 2.19. The van der Waals surface area contributed by atoms with Crippen molar-refractivity contribution in [1.29, 1.82) is 0 Å². The number of hydrogen-bond donors (Lipinski definition) is 1. The van der Waals surface area contributed by atoms with Gasteiger partial charge in [0.05, 0.1) is 16.1 Å². The van der Waals surface area contributed by atoms with Crippen LogP contribution in [0.5, 0.6) is 5.75 Å². The number of carbonyl (C=O) groups excluding carboxylic acids is 1. The summed E-state index contributed by atoms with van der Waals surface area (Å²) >= 11 is 11.6. The first-order chi connectivity index (χ1) is 9.15. The summed E-state index contributed by atoms with van der Waals surface area (Å²) < 4.78 is 5.28. The molecule has 6 heteroatoms. The summed E-state index contributed by atoms with van der Waals surface area (Å²) in [6, 6.07) is 4.83. The van der Waals surface area contributed by atoms with Crippen molar-refractivity contribution < 1.29 is 14.4 Å². The van der Waals surface area contributed by atoms with Crippen molar-refractivity contribution in [2.24, 2.45) is 0 Å². The number of hydroxylamine groups is 1. The lowest BCUT2D eigenvalue weighted by atomic mass is 10.3. The lowest BCUT2D eigenvalue weighted by molar-refractivity contribution is -0.140. The van der Waals surface area contributed by atoms with Crippen LogP contribution in [0.25, 0.3) is 0 Å². The molecule has 19 heavy (non-hydrogen) atoms. The third kappa shape index (κ3) is 4.56. The standard InChI is InChI=1S/C13H15Cl2NO3/c14-11-6-5-10(7-12(11)15)18-8-13(17)16-19-9-3-1-2-4-9/h5-7,9H,1-4,8H2,(H,16,17). The molecule has 1 aromatic rings. The van der Waals surface area contributed by atoms with Gasteiger partial charge in [0.2, 0.25) is 0 Å². The highest BCUT2D eigenvalue weighted by atomic mass is 35.5. The minimum atomic E-state index is -0.321. The second kappa shape index (κ2) is 6.98. The van der Waals surface area contributed by atoms with Crippen LogP contribution in [0.3, 0.4) is 0 Å². The van der Waals surface area contributed by atoms with Crippen molar-refractivity contribution in [1.82, 2.24) is 5.48 Å². The molecule has 104 valence electrons. The van der Waals surface area contributed by atoms with Crippen molar-refractivity contribution in [2.45, 2.75) is 31.8 Å². The molecular formula is C13H15Cl2NO3. The molecule has 0 bridgehead atoms. The van der Waals surface area contributed by atoms with Gasteiger partial charge in [-0.1, -0.05) is 36.0 Å². The fourth-order valence-electron chi connectivity index (χ4n) is 1.90. The van der Waals surface area contributed by atoms with Crippen LogP contribution in [0.4, 0.5) is 0 Å². The zero-order valence-electron chi connectivity index (χ0n) is 10.3. The molecule has 0 atom stereocenters. The summed E-state index contributed by atoms with van der Waals surface area (Å²) in [5.41, 5.74) is 2.40. The van der Waals surface area contributed by atoms with Crippen LogP contribution in [-0.4, -0.2) is 18.6 Å². The van der Waals surface area contributed by atoms with E-state index in [2.05, 4.69) is 5.48 Å². The molecule has 1 fully saturated rings. The predicted octanol–water partition coefficient (Wildman–Crippen LogP) is 3.36. The number of ether oxygens (including phenoxy) is 1. The van der Waals surface area contributed by atoms with E-state index >= 15 is 0 Å². The Kier molecular flexibility index (Phi) is 5.31. The lowest BCUT2D eigenvalue weighted by Gasteiger charge is -2.12. The molecule has 0 spiro atoms. The Hall–Kier alpha value is -0.970. The van der Waals surface area contributed by atoms with E-state index in [4.69, 9.17) is 32.8 Å². The highest BCUT2D eigenvalue weighted by molar-refractivity contribution is 6.42. The highest BCUT2D eigenvalue weighted by Gasteiger charge is 2.16. The van der Waals surface area contributed by atoms with Crippen LogP contribution in [0.15, 0.2) is 18.2 Å². The smallest absolute Gasteiger partial charge is 0.281 e. The van der Waals surface area contributed by atoms with E-state index in [0.717, 1.165) is 25.7 Å². The number of nitrogens with one attached hydrogen (secondary N) is 1. The van der Waals surface area contributed by atoms with Gasteiger partial charge >= 0.3 is 0 Å². The van der Waals surface area contributed by atoms with Crippen molar-refractivity contribution in [2.75, 3.05) is 6.61 Å². The van der Waals surface area contributed by atoms with Gasteiger partial charge in [-0.15, -0.1) is 0 Å². The number of carbonyl (C=O) groups is 1. The average Bonchev–Trinajstić information content (AvgIpc) is 2.91. The number of amides is 1. The molecule has 0 unspecified atom stereocenters. The summed E-state index contributed by atoms with van der Waals surface area (Å²) in [5, 5.41) is 0.838. The zero-order chi connectivity index (χ0) is 13.7. The van der Waals surface area contributed by atoms with E-state index in [0.29, 0.717) is 15.8 Å². The zero-order valence-corrected chi connectivity index (χ0v) is 11.8. The Morgan fingerprint density at radius 3 is 2.68 bits per heavy atom. The summed E-state index contributed by atoms with van der Waals surface area (Å²) in [6.45, 7) is -0.120. The van der Waals surface area contributed by atoms with E-state index in [1.54, 1.807) is 18.2 Å². The molecule has 0 saturated heterocycles. The van der Waals surface area contributed by atoms with Crippen molar-refractivity contribution in [3.05, 3.63) is 28.2 Å². The van der Waals surface area contributed by atoms with Crippen LogP contribution < -0.4 is 10.2 Å². The van der Waals surface area contributed by atoms with Crippen molar-refractivity contribution in [3.8, 4) is 5.75 Å². The molecule has 1 amide bonds. The van der Waals surface area contributed by atoms with E-state index in [1.165, 1.54) is 0 Å². The van der Waals surface area contributed by atoms with Crippen LogP contribution >= 0.6 is 23.2 Å². The highest BCUT2D eigenvalue weighted by Crippen LogP contribution is 2.26. The predicted molar refractivity (Wildman–Crippen MR) is 73.4 cm³/mol. The maximum absolute atomic E-state index is 11.5. The summed E-state index contributed by atoms with van der Waals surface area (Å²) in [5.74, 6) is 0.170. The lowest BCUT2D eigenvalue weighted by Crippen LogP contribution is -2.32. The largest absolute Gasteiger partial charge is 0.484 e. The minimum Gasteiger partial charge on any atom is -0.484 e. The Morgan fingerprint density at radius 1 is 1.26 bits per heavy atom. The number of benzene rings is 1. The minimum absolute atomic E-state index is 0.120. The average molecular weight is 304 g/mol. The van der Waals surface area contributed by atoms with Gasteiger partial charge in [-0.3, -0.25) is 9.63 Å². The Labute approximate surface area is 121 Å². The topological polar surface area (TPSA) is 47.6 Å². The maximum atomic E-state index is 11.5. The van der Waals surface area contributed by atoms with Gasteiger partial charge in [-0.05, 0) is 25.0 Å². The van der Waals surface area contributed by atoms with Crippen molar-refractivity contribution >= 4 is 29.1 Å².